The zero-order valence-corrected chi connectivity index (χ0v) is 10.7. The van der Waals surface area contributed by atoms with Crippen molar-refractivity contribution in [1.29, 1.82) is 0 Å². The summed E-state index contributed by atoms with van der Waals surface area (Å²) in [5.74, 6) is 0.143. The molecule has 1 amide bonds. The van der Waals surface area contributed by atoms with Gasteiger partial charge < -0.3 is 4.42 Å². The van der Waals surface area contributed by atoms with Gasteiger partial charge >= 0.3 is 6.01 Å². The van der Waals surface area contributed by atoms with Gasteiger partial charge in [0.05, 0.1) is 0 Å². The fraction of sp³-hybridized carbons (Fsp3) is 0.182. The van der Waals surface area contributed by atoms with E-state index in [4.69, 9.17) is 4.42 Å². The Morgan fingerprint density at radius 3 is 2.59 bits per heavy atom. The van der Waals surface area contributed by atoms with Gasteiger partial charge in [-0.1, -0.05) is 33.2 Å². The number of hydrogen-bond donors (Lipinski definition) is 1. The van der Waals surface area contributed by atoms with E-state index in [1.165, 1.54) is 0 Å². The maximum Gasteiger partial charge on any atom is 0.322 e. The van der Waals surface area contributed by atoms with Crippen molar-refractivity contribution in [1.82, 2.24) is 10.2 Å². The molecule has 2 aromatic rings. The molecule has 88 valence electrons. The largest absolute Gasteiger partial charge is 0.408 e. The van der Waals surface area contributed by atoms with E-state index in [0.29, 0.717) is 11.5 Å². The second-order valence-electron chi connectivity index (χ2n) is 3.41. The first-order chi connectivity index (χ1) is 8.19. The number of carbonyl (C=O) groups excluding carboxylic acids is 1. The number of aromatic nitrogens is 2. The van der Waals surface area contributed by atoms with E-state index in [2.05, 4.69) is 31.4 Å². The van der Waals surface area contributed by atoms with Crippen LogP contribution < -0.4 is 5.32 Å². The Hall–Kier alpha value is -1.69. The SMILES string of the molecule is Cc1nnc(NC(=O)c2ccc(CBr)cc2)o1. The summed E-state index contributed by atoms with van der Waals surface area (Å²) >= 11 is 3.34. The summed E-state index contributed by atoms with van der Waals surface area (Å²) in [6.45, 7) is 1.66. The zero-order chi connectivity index (χ0) is 12.3. The fourth-order valence-electron chi connectivity index (χ4n) is 1.26. The molecule has 0 bridgehead atoms. The van der Waals surface area contributed by atoms with Crippen molar-refractivity contribution in [2.24, 2.45) is 0 Å². The van der Waals surface area contributed by atoms with Crippen LogP contribution in [0.1, 0.15) is 21.8 Å². The molecule has 6 heteroatoms. The topological polar surface area (TPSA) is 68.0 Å². The number of rotatable bonds is 3. The van der Waals surface area contributed by atoms with Crippen LogP contribution >= 0.6 is 15.9 Å². The number of benzene rings is 1. The molecule has 0 unspecified atom stereocenters. The van der Waals surface area contributed by atoms with Gasteiger partial charge in [0.1, 0.15) is 0 Å². The molecule has 0 fully saturated rings. The molecule has 5 nitrogen and oxygen atoms in total. The highest BCUT2D eigenvalue weighted by Crippen LogP contribution is 2.10. The highest BCUT2D eigenvalue weighted by molar-refractivity contribution is 9.08. The minimum Gasteiger partial charge on any atom is -0.408 e. The van der Waals surface area contributed by atoms with Gasteiger partial charge in [-0.25, -0.2) is 0 Å². The number of aryl methyl sites for hydroxylation is 1. The molecule has 0 aliphatic rings. The van der Waals surface area contributed by atoms with E-state index in [0.717, 1.165) is 10.9 Å². The van der Waals surface area contributed by atoms with Gasteiger partial charge in [0.15, 0.2) is 0 Å². The number of hydrogen-bond acceptors (Lipinski definition) is 4. The summed E-state index contributed by atoms with van der Waals surface area (Å²) in [7, 11) is 0. The molecule has 0 saturated heterocycles. The standard InChI is InChI=1S/C11H10BrN3O2/c1-7-14-15-11(17-7)13-10(16)9-4-2-8(6-12)3-5-9/h2-5H,6H2,1H3,(H,13,15,16). The van der Waals surface area contributed by atoms with Gasteiger partial charge in [0, 0.05) is 17.8 Å². The lowest BCUT2D eigenvalue weighted by atomic mass is 10.1. The van der Waals surface area contributed by atoms with Crippen LogP contribution in [0, 0.1) is 6.92 Å². The first-order valence-electron chi connectivity index (χ1n) is 4.95. The highest BCUT2D eigenvalue weighted by Gasteiger charge is 2.09. The Morgan fingerprint density at radius 1 is 1.35 bits per heavy atom. The Morgan fingerprint density at radius 2 is 2.06 bits per heavy atom. The summed E-state index contributed by atoms with van der Waals surface area (Å²) < 4.78 is 5.06. The number of nitrogens with zero attached hydrogens (tertiary/aromatic N) is 2. The summed E-state index contributed by atoms with van der Waals surface area (Å²) in [6, 6.07) is 7.35. The molecule has 0 spiro atoms. The van der Waals surface area contributed by atoms with Crippen LogP contribution in [0.25, 0.3) is 0 Å². The Balaban J connectivity index is 2.09. The Labute approximate surface area is 106 Å². The maximum atomic E-state index is 11.8. The molecule has 1 heterocycles. The van der Waals surface area contributed by atoms with Gasteiger partial charge in [-0.2, -0.15) is 0 Å². The van der Waals surface area contributed by atoms with Crippen LogP contribution in [0.3, 0.4) is 0 Å². The highest BCUT2D eigenvalue weighted by atomic mass is 79.9. The summed E-state index contributed by atoms with van der Waals surface area (Å²) in [5.41, 5.74) is 1.65. The van der Waals surface area contributed by atoms with Gasteiger partial charge in [-0.05, 0) is 17.7 Å². The average Bonchev–Trinajstić information content (AvgIpc) is 2.75. The number of carbonyl (C=O) groups is 1. The summed E-state index contributed by atoms with van der Waals surface area (Å²) in [4.78, 5) is 11.8. The third-order valence-corrected chi connectivity index (χ3v) is 2.76. The van der Waals surface area contributed by atoms with E-state index in [1.54, 1.807) is 19.1 Å². The van der Waals surface area contributed by atoms with Gasteiger partial charge in [0.2, 0.25) is 5.89 Å². The molecule has 1 aromatic heterocycles. The van der Waals surface area contributed by atoms with Crippen LogP contribution in [0.2, 0.25) is 0 Å². The van der Waals surface area contributed by atoms with Crippen molar-refractivity contribution in [3.05, 3.63) is 41.3 Å². The van der Waals surface area contributed by atoms with E-state index in [-0.39, 0.29) is 11.9 Å². The van der Waals surface area contributed by atoms with Crippen molar-refractivity contribution in [2.75, 3.05) is 5.32 Å². The molecular weight excluding hydrogens is 286 g/mol. The lowest BCUT2D eigenvalue weighted by Crippen LogP contribution is -2.12. The third kappa shape index (κ3) is 2.91. The van der Waals surface area contributed by atoms with Crippen molar-refractivity contribution < 1.29 is 9.21 Å². The summed E-state index contributed by atoms with van der Waals surface area (Å²) in [6.07, 6.45) is 0. The van der Waals surface area contributed by atoms with Crippen molar-refractivity contribution >= 4 is 27.9 Å². The second-order valence-corrected chi connectivity index (χ2v) is 3.97. The molecule has 17 heavy (non-hydrogen) atoms. The van der Waals surface area contributed by atoms with Crippen LogP contribution in [0.4, 0.5) is 6.01 Å². The van der Waals surface area contributed by atoms with E-state index < -0.39 is 0 Å². The minimum absolute atomic E-state index is 0.108. The van der Waals surface area contributed by atoms with Crippen molar-refractivity contribution in [2.45, 2.75) is 12.3 Å². The van der Waals surface area contributed by atoms with E-state index in [1.807, 2.05) is 12.1 Å². The lowest BCUT2D eigenvalue weighted by Gasteiger charge is -2.01. The molecule has 0 atom stereocenters. The number of halogens is 1. The fourth-order valence-corrected chi connectivity index (χ4v) is 1.64. The maximum absolute atomic E-state index is 11.8. The van der Waals surface area contributed by atoms with Crippen LogP contribution in [-0.4, -0.2) is 16.1 Å². The number of nitrogens with one attached hydrogen (secondary N) is 1. The summed E-state index contributed by atoms with van der Waals surface area (Å²) in [5, 5.41) is 10.6. The second kappa shape index (κ2) is 5.09. The Kier molecular flexibility index (Phi) is 3.53. The molecular formula is C11H10BrN3O2. The first-order valence-corrected chi connectivity index (χ1v) is 6.07. The number of amides is 1. The Bertz CT molecular complexity index is 522. The normalized spacial score (nSPS) is 10.2. The molecule has 0 radical (unpaired) electrons. The smallest absolute Gasteiger partial charge is 0.322 e. The van der Waals surface area contributed by atoms with E-state index in [9.17, 15) is 4.79 Å². The number of anilines is 1. The predicted octanol–water partition coefficient (Wildman–Crippen LogP) is 2.53. The minimum atomic E-state index is -0.269. The van der Waals surface area contributed by atoms with Crippen LogP contribution in [0.15, 0.2) is 28.7 Å². The first kappa shape index (κ1) is 11.8. The molecule has 2 rings (SSSR count). The van der Waals surface area contributed by atoms with Gasteiger partial charge in [-0.15, -0.1) is 5.10 Å². The van der Waals surface area contributed by atoms with Crippen LogP contribution in [-0.2, 0) is 5.33 Å². The van der Waals surface area contributed by atoms with Gasteiger partial charge in [0.25, 0.3) is 5.91 Å². The van der Waals surface area contributed by atoms with Crippen molar-refractivity contribution in [3.8, 4) is 0 Å². The molecule has 1 aromatic carbocycles. The molecule has 0 aliphatic heterocycles. The molecule has 0 saturated carbocycles. The van der Waals surface area contributed by atoms with E-state index >= 15 is 0 Å². The zero-order valence-electron chi connectivity index (χ0n) is 9.11. The van der Waals surface area contributed by atoms with Crippen molar-refractivity contribution in [3.63, 3.8) is 0 Å². The molecule has 0 aliphatic carbocycles. The number of alkyl halides is 1. The quantitative estimate of drug-likeness (QED) is 0.884. The monoisotopic (exact) mass is 295 g/mol. The average molecular weight is 296 g/mol. The lowest BCUT2D eigenvalue weighted by molar-refractivity contribution is 0.102. The van der Waals surface area contributed by atoms with Gasteiger partial charge in [-0.3, -0.25) is 10.1 Å². The van der Waals surface area contributed by atoms with Crippen LogP contribution in [0.5, 0.6) is 0 Å². The molecule has 1 N–H and O–H groups in total. The predicted molar refractivity (Wildman–Crippen MR) is 66.1 cm³/mol. The third-order valence-electron chi connectivity index (χ3n) is 2.12.